The maximum absolute atomic E-state index is 13.2. The van der Waals surface area contributed by atoms with Crippen molar-refractivity contribution in [3.8, 4) is 0 Å². The third-order valence-corrected chi connectivity index (χ3v) is 5.02. The van der Waals surface area contributed by atoms with Gasteiger partial charge >= 0.3 is 0 Å². The van der Waals surface area contributed by atoms with E-state index < -0.39 is 0 Å². The van der Waals surface area contributed by atoms with E-state index in [2.05, 4.69) is 9.89 Å². The van der Waals surface area contributed by atoms with Gasteiger partial charge < -0.3 is 10.6 Å². The van der Waals surface area contributed by atoms with Crippen LogP contribution >= 0.6 is 24.0 Å². The topological polar surface area (TPSA) is 41.6 Å². The molecule has 0 radical (unpaired) electrons. The summed E-state index contributed by atoms with van der Waals surface area (Å²) in [4.78, 5) is 6.76. The Morgan fingerprint density at radius 3 is 2.41 bits per heavy atom. The lowest BCUT2D eigenvalue weighted by Crippen LogP contribution is -2.37. The number of guanidine groups is 1. The Balaban J connectivity index is 0.00000176. The summed E-state index contributed by atoms with van der Waals surface area (Å²) in [5, 5.41) is 0. The Morgan fingerprint density at radius 2 is 1.86 bits per heavy atom. The Kier molecular flexibility index (Phi) is 5.69. The number of aliphatic imine (C=N–C) groups is 1. The Morgan fingerprint density at radius 1 is 1.27 bits per heavy atom. The van der Waals surface area contributed by atoms with E-state index >= 15 is 0 Å². The van der Waals surface area contributed by atoms with Gasteiger partial charge in [0.05, 0.1) is 6.54 Å². The first-order chi connectivity index (χ1) is 10.1. The first-order valence-corrected chi connectivity index (χ1v) is 7.90. The average Bonchev–Trinajstić information content (AvgIpc) is 3.23. The Hall–Kier alpha value is -0.850. The van der Waals surface area contributed by atoms with E-state index in [1.807, 2.05) is 19.2 Å². The molecule has 2 aliphatic rings. The van der Waals surface area contributed by atoms with Crippen molar-refractivity contribution in [2.45, 2.75) is 50.0 Å². The summed E-state index contributed by atoms with van der Waals surface area (Å²) in [5.74, 6) is 0.467. The van der Waals surface area contributed by atoms with Crippen molar-refractivity contribution >= 4 is 29.9 Å². The molecule has 0 aromatic heterocycles. The molecule has 0 spiro atoms. The summed E-state index contributed by atoms with van der Waals surface area (Å²) in [6.07, 6.45) is 7.09. The third-order valence-electron chi connectivity index (χ3n) is 5.02. The summed E-state index contributed by atoms with van der Waals surface area (Å²) < 4.78 is 13.2. The van der Waals surface area contributed by atoms with Crippen LogP contribution in [-0.4, -0.2) is 30.5 Å². The molecule has 0 bridgehead atoms. The fourth-order valence-electron chi connectivity index (χ4n) is 3.39. The monoisotopic (exact) mass is 417 g/mol. The zero-order valence-corrected chi connectivity index (χ0v) is 15.4. The van der Waals surface area contributed by atoms with Crippen LogP contribution < -0.4 is 5.73 Å². The molecule has 0 atom stereocenters. The van der Waals surface area contributed by atoms with Gasteiger partial charge in [-0.05, 0) is 43.4 Å². The molecule has 5 heteroatoms. The molecule has 0 heterocycles. The molecule has 2 saturated carbocycles. The van der Waals surface area contributed by atoms with E-state index in [9.17, 15) is 4.39 Å². The second-order valence-electron chi connectivity index (χ2n) is 6.51. The predicted octanol–water partition coefficient (Wildman–Crippen LogP) is 3.66. The van der Waals surface area contributed by atoms with Crippen molar-refractivity contribution in [2.75, 3.05) is 13.6 Å². The summed E-state index contributed by atoms with van der Waals surface area (Å²) in [6, 6.07) is 7.52. The van der Waals surface area contributed by atoms with Crippen molar-refractivity contribution in [3.63, 3.8) is 0 Å². The highest BCUT2D eigenvalue weighted by molar-refractivity contribution is 14.0. The van der Waals surface area contributed by atoms with Crippen LogP contribution in [0.1, 0.15) is 44.1 Å². The number of rotatable bonds is 4. The van der Waals surface area contributed by atoms with Crippen LogP contribution in [-0.2, 0) is 5.41 Å². The maximum Gasteiger partial charge on any atom is 0.191 e. The molecule has 2 aliphatic carbocycles. The van der Waals surface area contributed by atoms with Gasteiger partial charge in [0.15, 0.2) is 5.96 Å². The van der Waals surface area contributed by atoms with Crippen molar-refractivity contribution in [1.82, 2.24) is 4.90 Å². The molecule has 3 nitrogen and oxygen atoms in total. The number of hydrogen-bond donors (Lipinski definition) is 1. The van der Waals surface area contributed by atoms with E-state index in [1.165, 1.54) is 31.2 Å². The quantitative estimate of drug-likeness (QED) is 0.462. The lowest BCUT2D eigenvalue weighted by molar-refractivity contribution is 0.440. The maximum atomic E-state index is 13.2. The average molecular weight is 417 g/mol. The molecule has 1 aromatic carbocycles. The Bertz CT molecular complexity index is 519. The van der Waals surface area contributed by atoms with E-state index in [0.29, 0.717) is 18.5 Å². The Labute approximate surface area is 149 Å². The fourth-order valence-corrected chi connectivity index (χ4v) is 3.39. The van der Waals surface area contributed by atoms with Gasteiger partial charge in [-0.1, -0.05) is 25.0 Å². The molecule has 0 unspecified atom stereocenters. The lowest BCUT2D eigenvalue weighted by Gasteiger charge is -2.28. The van der Waals surface area contributed by atoms with Gasteiger partial charge in [0.25, 0.3) is 0 Å². The van der Waals surface area contributed by atoms with Crippen molar-refractivity contribution in [1.29, 1.82) is 0 Å². The molecule has 22 heavy (non-hydrogen) atoms. The largest absolute Gasteiger partial charge is 0.370 e. The molecular weight excluding hydrogens is 392 g/mol. The molecule has 0 amide bonds. The molecule has 122 valence electrons. The SMILES string of the molecule is CN(C(N)=NCC1(c2ccc(F)cc2)CCCC1)C1CC1.I. The molecule has 0 saturated heterocycles. The van der Waals surface area contributed by atoms with Gasteiger partial charge in [-0.2, -0.15) is 0 Å². The molecular formula is C17H25FIN3. The zero-order valence-electron chi connectivity index (χ0n) is 13.1. The number of halogens is 2. The van der Waals surface area contributed by atoms with E-state index in [1.54, 1.807) is 12.1 Å². The third kappa shape index (κ3) is 3.73. The summed E-state index contributed by atoms with van der Waals surface area (Å²) >= 11 is 0. The molecule has 2 N–H and O–H groups in total. The summed E-state index contributed by atoms with van der Waals surface area (Å²) in [5.41, 5.74) is 7.36. The van der Waals surface area contributed by atoms with Crippen LogP contribution in [0.2, 0.25) is 0 Å². The van der Waals surface area contributed by atoms with Gasteiger partial charge in [0.2, 0.25) is 0 Å². The van der Waals surface area contributed by atoms with E-state index in [-0.39, 0.29) is 35.2 Å². The van der Waals surface area contributed by atoms with Crippen LogP contribution in [0.3, 0.4) is 0 Å². The first kappa shape index (κ1) is 17.5. The molecule has 2 fully saturated rings. The van der Waals surface area contributed by atoms with Crippen LogP contribution in [0, 0.1) is 5.82 Å². The lowest BCUT2D eigenvalue weighted by atomic mass is 9.79. The minimum Gasteiger partial charge on any atom is -0.370 e. The minimum atomic E-state index is -0.177. The van der Waals surface area contributed by atoms with Gasteiger partial charge in [0, 0.05) is 18.5 Å². The van der Waals surface area contributed by atoms with Gasteiger partial charge in [-0.3, -0.25) is 4.99 Å². The van der Waals surface area contributed by atoms with E-state index in [0.717, 1.165) is 12.8 Å². The van der Waals surface area contributed by atoms with Gasteiger partial charge in [-0.25, -0.2) is 4.39 Å². The molecule has 1 aromatic rings. The standard InChI is InChI=1S/C17H24FN3.HI/c1-21(15-8-9-15)16(19)20-12-17(10-2-3-11-17)13-4-6-14(18)7-5-13;/h4-7,15H,2-3,8-12H2,1H3,(H2,19,20);1H. The van der Waals surface area contributed by atoms with Crippen molar-refractivity contribution in [2.24, 2.45) is 10.7 Å². The number of nitrogens with two attached hydrogens (primary N) is 1. The highest BCUT2D eigenvalue weighted by Gasteiger charge is 2.36. The summed E-state index contributed by atoms with van der Waals surface area (Å²) in [6.45, 7) is 0.710. The smallest absolute Gasteiger partial charge is 0.191 e. The normalized spacial score (nSPS) is 20.5. The zero-order chi connectivity index (χ0) is 14.9. The van der Waals surface area contributed by atoms with Crippen LogP contribution in [0.4, 0.5) is 4.39 Å². The van der Waals surface area contributed by atoms with Crippen molar-refractivity contribution in [3.05, 3.63) is 35.6 Å². The minimum absolute atomic E-state index is 0. The number of nitrogens with zero attached hydrogens (tertiary/aromatic N) is 2. The molecule has 3 rings (SSSR count). The fraction of sp³-hybridized carbons (Fsp3) is 0.588. The van der Waals surface area contributed by atoms with Crippen LogP contribution in [0.5, 0.6) is 0 Å². The van der Waals surface area contributed by atoms with E-state index in [4.69, 9.17) is 5.73 Å². The number of hydrogen-bond acceptors (Lipinski definition) is 1. The highest BCUT2D eigenvalue weighted by Crippen LogP contribution is 2.41. The van der Waals surface area contributed by atoms with Gasteiger partial charge in [-0.15, -0.1) is 24.0 Å². The summed E-state index contributed by atoms with van der Waals surface area (Å²) in [7, 11) is 2.02. The second-order valence-corrected chi connectivity index (χ2v) is 6.51. The highest BCUT2D eigenvalue weighted by atomic mass is 127. The van der Waals surface area contributed by atoms with Crippen LogP contribution in [0.15, 0.2) is 29.3 Å². The second kappa shape index (κ2) is 7.15. The first-order valence-electron chi connectivity index (χ1n) is 7.90. The van der Waals surface area contributed by atoms with Gasteiger partial charge in [0.1, 0.15) is 5.82 Å². The van der Waals surface area contributed by atoms with Crippen LogP contribution in [0.25, 0.3) is 0 Å². The number of benzene rings is 1. The predicted molar refractivity (Wildman–Crippen MR) is 99.2 cm³/mol. The molecule has 0 aliphatic heterocycles. The van der Waals surface area contributed by atoms with Crippen molar-refractivity contribution < 1.29 is 4.39 Å².